The highest BCUT2D eigenvalue weighted by Gasteiger charge is 2.38. The second kappa shape index (κ2) is 8.63. The summed E-state index contributed by atoms with van der Waals surface area (Å²) in [6.07, 6.45) is 5.09. The second-order valence-corrected chi connectivity index (χ2v) is 7.98. The lowest BCUT2D eigenvalue weighted by molar-refractivity contribution is -0.137. The molecule has 3 rings (SSSR count). The number of rotatable bonds is 5. The third-order valence-electron chi connectivity index (χ3n) is 6.04. The summed E-state index contributed by atoms with van der Waals surface area (Å²) in [5.74, 6) is -0.198. The van der Waals surface area contributed by atoms with Gasteiger partial charge in [-0.15, -0.1) is 0 Å². The van der Waals surface area contributed by atoms with E-state index in [4.69, 9.17) is 0 Å². The van der Waals surface area contributed by atoms with E-state index in [1.807, 2.05) is 0 Å². The van der Waals surface area contributed by atoms with Crippen molar-refractivity contribution in [3.8, 4) is 0 Å². The standard InChI is InChI=1S/C21H29F3N2O/c22-21(23,24)18-9-7-8-17(14-18)15-19(27)25-16-20(10-3-1-4-11-20)26-12-5-2-6-13-26/h7-9,14H,1-6,10-13,15-16H2,(H,25,27). The molecular weight excluding hydrogens is 353 g/mol. The Balaban J connectivity index is 1.61. The fraction of sp³-hybridized carbons (Fsp3) is 0.667. The number of carbonyl (C=O) groups excluding carboxylic acids is 1. The van der Waals surface area contributed by atoms with Crippen LogP contribution in [0.25, 0.3) is 0 Å². The van der Waals surface area contributed by atoms with Gasteiger partial charge in [-0.3, -0.25) is 9.69 Å². The van der Waals surface area contributed by atoms with Crippen LogP contribution in [0.3, 0.4) is 0 Å². The summed E-state index contributed by atoms with van der Waals surface area (Å²) in [5, 5.41) is 3.04. The molecule has 2 aliphatic rings. The number of amides is 1. The Morgan fingerprint density at radius 1 is 1.04 bits per heavy atom. The molecule has 1 aromatic rings. The Morgan fingerprint density at radius 2 is 1.70 bits per heavy atom. The predicted octanol–water partition coefficient (Wildman–Crippen LogP) is 4.55. The lowest BCUT2D eigenvalue weighted by Gasteiger charge is -2.48. The zero-order valence-electron chi connectivity index (χ0n) is 15.8. The largest absolute Gasteiger partial charge is 0.416 e. The van der Waals surface area contributed by atoms with Crippen LogP contribution in [0.5, 0.6) is 0 Å². The summed E-state index contributed by atoms with van der Waals surface area (Å²) >= 11 is 0. The number of piperidine rings is 1. The molecule has 1 amide bonds. The molecule has 0 unspecified atom stereocenters. The molecule has 3 nitrogen and oxygen atoms in total. The quantitative estimate of drug-likeness (QED) is 0.810. The van der Waals surface area contributed by atoms with Crippen LogP contribution in [0.15, 0.2) is 24.3 Å². The summed E-state index contributed by atoms with van der Waals surface area (Å²) in [5.41, 5.74) is -0.273. The summed E-state index contributed by atoms with van der Waals surface area (Å²) < 4.78 is 38.5. The van der Waals surface area contributed by atoms with Crippen LogP contribution in [-0.2, 0) is 17.4 Å². The van der Waals surface area contributed by atoms with Crippen molar-refractivity contribution in [2.24, 2.45) is 0 Å². The van der Waals surface area contributed by atoms with Crippen molar-refractivity contribution in [1.29, 1.82) is 0 Å². The smallest absolute Gasteiger partial charge is 0.354 e. The first-order chi connectivity index (χ1) is 12.9. The fourth-order valence-electron chi connectivity index (χ4n) is 4.55. The van der Waals surface area contributed by atoms with E-state index in [9.17, 15) is 18.0 Å². The minimum atomic E-state index is -4.38. The Kier molecular flexibility index (Phi) is 6.45. The van der Waals surface area contributed by atoms with Crippen molar-refractivity contribution in [2.75, 3.05) is 19.6 Å². The summed E-state index contributed by atoms with van der Waals surface area (Å²) in [6, 6.07) is 5.05. The topological polar surface area (TPSA) is 32.3 Å². The number of benzene rings is 1. The molecule has 0 atom stereocenters. The Hall–Kier alpha value is -1.56. The monoisotopic (exact) mass is 382 g/mol. The Bertz CT molecular complexity index is 633. The zero-order valence-corrected chi connectivity index (χ0v) is 15.8. The van der Waals surface area contributed by atoms with Crippen LogP contribution in [0, 0.1) is 0 Å². The van der Waals surface area contributed by atoms with Gasteiger partial charge in [-0.25, -0.2) is 0 Å². The van der Waals surface area contributed by atoms with E-state index in [0.717, 1.165) is 38.1 Å². The van der Waals surface area contributed by atoms with Gasteiger partial charge in [0, 0.05) is 12.1 Å². The van der Waals surface area contributed by atoms with Gasteiger partial charge in [-0.05, 0) is 50.4 Å². The van der Waals surface area contributed by atoms with Crippen LogP contribution in [-0.4, -0.2) is 36.0 Å². The van der Waals surface area contributed by atoms with Crippen LogP contribution in [0.4, 0.5) is 13.2 Å². The number of halogens is 3. The first kappa shape index (κ1) is 20.2. The minimum absolute atomic E-state index is 0.0139. The summed E-state index contributed by atoms with van der Waals surface area (Å²) in [4.78, 5) is 15.0. The predicted molar refractivity (Wildman–Crippen MR) is 99.4 cm³/mol. The van der Waals surface area contributed by atoms with Crippen molar-refractivity contribution in [3.63, 3.8) is 0 Å². The second-order valence-electron chi connectivity index (χ2n) is 7.98. The van der Waals surface area contributed by atoms with Crippen LogP contribution in [0.1, 0.15) is 62.5 Å². The molecule has 1 saturated heterocycles. The Morgan fingerprint density at radius 3 is 2.37 bits per heavy atom. The number of nitrogens with zero attached hydrogens (tertiary/aromatic N) is 1. The normalized spacial score (nSPS) is 21.0. The van der Waals surface area contributed by atoms with Gasteiger partial charge >= 0.3 is 6.18 Å². The lowest BCUT2D eigenvalue weighted by Crippen LogP contribution is -2.58. The zero-order chi connectivity index (χ0) is 19.3. The van der Waals surface area contributed by atoms with Gasteiger partial charge in [0.05, 0.1) is 12.0 Å². The molecule has 1 saturated carbocycles. The number of nitrogens with one attached hydrogen (secondary N) is 1. The molecule has 0 spiro atoms. The highest BCUT2D eigenvalue weighted by molar-refractivity contribution is 5.78. The van der Waals surface area contributed by atoms with Crippen LogP contribution >= 0.6 is 0 Å². The van der Waals surface area contributed by atoms with E-state index in [2.05, 4.69) is 10.2 Å². The van der Waals surface area contributed by atoms with Crippen molar-refractivity contribution < 1.29 is 18.0 Å². The van der Waals surface area contributed by atoms with Gasteiger partial charge in [0.1, 0.15) is 0 Å². The lowest BCUT2D eigenvalue weighted by atomic mass is 9.79. The van der Waals surface area contributed by atoms with Crippen molar-refractivity contribution in [1.82, 2.24) is 10.2 Å². The van der Waals surface area contributed by atoms with Crippen LogP contribution < -0.4 is 5.32 Å². The molecule has 0 radical (unpaired) electrons. The maximum absolute atomic E-state index is 12.8. The molecular formula is C21H29F3N2O. The van der Waals surface area contributed by atoms with E-state index in [1.54, 1.807) is 6.07 Å². The molecule has 1 aliphatic carbocycles. The molecule has 0 aromatic heterocycles. The maximum Gasteiger partial charge on any atom is 0.416 e. The molecule has 1 N–H and O–H groups in total. The highest BCUT2D eigenvalue weighted by Crippen LogP contribution is 2.35. The molecule has 27 heavy (non-hydrogen) atoms. The van der Waals surface area contributed by atoms with Gasteiger partial charge in [0.15, 0.2) is 0 Å². The van der Waals surface area contributed by atoms with Crippen molar-refractivity contribution >= 4 is 5.91 Å². The van der Waals surface area contributed by atoms with E-state index >= 15 is 0 Å². The Labute approximate surface area is 159 Å². The minimum Gasteiger partial charge on any atom is -0.354 e. The van der Waals surface area contributed by atoms with E-state index in [0.29, 0.717) is 12.1 Å². The summed E-state index contributed by atoms with van der Waals surface area (Å²) in [6.45, 7) is 2.78. The van der Waals surface area contributed by atoms with Gasteiger partial charge in [-0.2, -0.15) is 13.2 Å². The number of hydrogen-bond donors (Lipinski definition) is 1. The molecule has 1 aromatic carbocycles. The average molecular weight is 382 g/mol. The van der Waals surface area contributed by atoms with Crippen LogP contribution in [0.2, 0.25) is 0 Å². The molecule has 2 fully saturated rings. The first-order valence-electron chi connectivity index (χ1n) is 10.1. The number of hydrogen-bond acceptors (Lipinski definition) is 2. The average Bonchev–Trinajstić information content (AvgIpc) is 2.67. The number of alkyl halides is 3. The third-order valence-corrected chi connectivity index (χ3v) is 6.04. The van der Waals surface area contributed by atoms with Gasteiger partial charge in [0.2, 0.25) is 5.91 Å². The first-order valence-corrected chi connectivity index (χ1v) is 10.1. The SMILES string of the molecule is O=C(Cc1cccc(C(F)(F)F)c1)NCC1(N2CCCCC2)CCCCC1. The van der Waals surface area contributed by atoms with E-state index < -0.39 is 11.7 Å². The fourth-order valence-corrected chi connectivity index (χ4v) is 4.55. The molecule has 6 heteroatoms. The molecule has 1 aliphatic heterocycles. The third kappa shape index (κ3) is 5.24. The molecule has 1 heterocycles. The van der Waals surface area contributed by atoms with Crippen molar-refractivity contribution in [2.45, 2.75) is 69.5 Å². The maximum atomic E-state index is 12.8. The van der Waals surface area contributed by atoms with Gasteiger partial charge in [0.25, 0.3) is 0 Å². The number of likely N-dealkylation sites (tertiary alicyclic amines) is 1. The van der Waals surface area contributed by atoms with E-state index in [-0.39, 0.29) is 17.9 Å². The van der Waals surface area contributed by atoms with Gasteiger partial charge < -0.3 is 5.32 Å². The highest BCUT2D eigenvalue weighted by atomic mass is 19.4. The summed E-state index contributed by atoms with van der Waals surface area (Å²) in [7, 11) is 0. The van der Waals surface area contributed by atoms with E-state index in [1.165, 1.54) is 44.6 Å². The molecule has 150 valence electrons. The number of carbonyl (C=O) groups is 1. The molecule has 0 bridgehead atoms. The van der Waals surface area contributed by atoms with Crippen molar-refractivity contribution in [3.05, 3.63) is 35.4 Å². The van der Waals surface area contributed by atoms with Gasteiger partial charge in [-0.1, -0.05) is 43.9 Å².